The van der Waals surface area contributed by atoms with Gasteiger partial charge in [-0.1, -0.05) is 0 Å². The van der Waals surface area contributed by atoms with E-state index in [4.69, 9.17) is 5.73 Å². The maximum absolute atomic E-state index is 12.7. The maximum atomic E-state index is 12.7. The smallest absolute Gasteiger partial charge is 0.398 e. The summed E-state index contributed by atoms with van der Waals surface area (Å²) in [6, 6.07) is 4.57. The summed E-state index contributed by atoms with van der Waals surface area (Å²) in [6.45, 7) is 1.44. The van der Waals surface area contributed by atoms with E-state index < -0.39 is 11.7 Å². The van der Waals surface area contributed by atoms with E-state index >= 15 is 0 Å². The molecule has 1 aliphatic rings. The number of hydrogen-bond acceptors (Lipinski definition) is 3. The Bertz CT molecular complexity index is 441. The molecule has 1 saturated carbocycles. The second-order valence-electron chi connectivity index (χ2n) is 4.94. The molecular formula is C13H18F3N3. The van der Waals surface area contributed by atoms with E-state index in [0.29, 0.717) is 18.3 Å². The highest BCUT2D eigenvalue weighted by Crippen LogP contribution is 2.35. The van der Waals surface area contributed by atoms with E-state index in [1.807, 2.05) is 7.05 Å². The van der Waals surface area contributed by atoms with Crippen molar-refractivity contribution in [1.29, 1.82) is 0 Å². The summed E-state index contributed by atoms with van der Waals surface area (Å²) in [6.07, 6.45) is -1.97. The lowest BCUT2D eigenvalue weighted by atomic mass is 10.1. The third kappa shape index (κ3) is 3.76. The van der Waals surface area contributed by atoms with Crippen molar-refractivity contribution in [3.05, 3.63) is 23.8 Å². The normalized spacial score (nSPS) is 15.8. The van der Waals surface area contributed by atoms with Crippen molar-refractivity contribution >= 4 is 11.4 Å². The summed E-state index contributed by atoms with van der Waals surface area (Å²) in [4.78, 5) is 2.22. The van der Waals surface area contributed by atoms with Gasteiger partial charge in [-0.3, -0.25) is 0 Å². The molecule has 0 aromatic heterocycles. The highest BCUT2D eigenvalue weighted by atomic mass is 19.4. The van der Waals surface area contributed by atoms with Crippen LogP contribution in [0.3, 0.4) is 0 Å². The number of nitrogens with one attached hydrogen (secondary N) is 1. The minimum atomic E-state index is -4.41. The number of rotatable bonds is 5. The quantitative estimate of drug-likeness (QED) is 0.811. The third-order valence-corrected chi connectivity index (χ3v) is 3.32. The van der Waals surface area contributed by atoms with Gasteiger partial charge in [-0.25, -0.2) is 0 Å². The summed E-state index contributed by atoms with van der Waals surface area (Å²) in [5, 5.41) is 3.00. The van der Waals surface area contributed by atoms with Gasteiger partial charge in [0.25, 0.3) is 0 Å². The highest BCUT2D eigenvalue weighted by Gasteiger charge is 2.33. The van der Waals surface area contributed by atoms with Crippen LogP contribution in [0.4, 0.5) is 24.5 Å². The fourth-order valence-corrected chi connectivity index (χ4v) is 1.99. The average molecular weight is 273 g/mol. The van der Waals surface area contributed by atoms with Gasteiger partial charge in [0.1, 0.15) is 0 Å². The van der Waals surface area contributed by atoms with Crippen LogP contribution in [0.15, 0.2) is 18.2 Å². The molecule has 0 aliphatic heterocycles. The third-order valence-electron chi connectivity index (χ3n) is 3.32. The van der Waals surface area contributed by atoms with Crippen LogP contribution in [0.25, 0.3) is 0 Å². The lowest BCUT2D eigenvalue weighted by molar-refractivity contribution is -0.136. The van der Waals surface area contributed by atoms with Crippen molar-refractivity contribution in [2.24, 2.45) is 0 Å². The molecule has 3 nitrogen and oxygen atoms in total. The van der Waals surface area contributed by atoms with Crippen molar-refractivity contribution in [1.82, 2.24) is 4.90 Å². The maximum Gasteiger partial charge on any atom is 0.418 e. The minimum absolute atomic E-state index is 0.242. The summed E-state index contributed by atoms with van der Waals surface area (Å²) < 4.78 is 38.0. The first-order valence-corrected chi connectivity index (χ1v) is 6.29. The van der Waals surface area contributed by atoms with E-state index in [-0.39, 0.29) is 5.69 Å². The summed E-state index contributed by atoms with van der Waals surface area (Å²) in [7, 11) is 2.03. The van der Waals surface area contributed by atoms with E-state index in [1.165, 1.54) is 18.9 Å². The van der Waals surface area contributed by atoms with E-state index in [0.717, 1.165) is 12.6 Å². The highest BCUT2D eigenvalue weighted by molar-refractivity contribution is 5.58. The molecule has 1 aromatic carbocycles. The average Bonchev–Trinajstić information content (AvgIpc) is 3.13. The number of anilines is 2. The molecule has 0 radical (unpaired) electrons. The number of nitrogens with zero attached hydrogens (tertiary/aromatic N) is 1. The lowest BCUT2D eigenvalue weighted by Crippen LogP contribution is -2.27. The summed E-state index contributed by atoms with van der Waals surface area (Å²) >= 11 is 0. The molecule has 2 rings (SSSR count). The van der Waals surface area contributed by atoms with Gasteiger partial charge in [0, 0.05) is 30.5 Å². The van der Waals surface area contributed by atoms with Gasteiger partial charge in [-0.15, -0.1) is 0 Å². The molecule has 1 aliphatic carbocycles. The Morgan fingerprint density at radius 2 is 2.05 bits per heavy atom. The number of nitrogen functional groups attached to an aromatic ring is 1. The topological polar surface area (TPSA) is 41.3 Å². The molecule has 0 spiro atoms. The molecular weight excluding hydrogens is 255 g/mol. The molecule has 19 heavy (non-hydrogen) atoms. The van der Waals surface area contributed by atoms with Gasteiger partial charge in [-0.05, 0) is 38.1 Å². The summed E-state index contributed by atoms with van der Waals surface area (Å²) in [5.41, 5.74) is 4.77. The molecule has 0 unspecified atom stereocenters. The number of benzene rings is 1. The zero-order chi connectivity index (χ0) is 14.0. The first-order valence-electron chi connectivity index (χ1n) is 6.29. The van der Waals surface area contributed by atoms with Crippen molar-refractivity contribution in [2.75, 3.05) is 31.2 Å². The zero-order valence-corrected chi connectivity index (χ0v) is 10.8. The Morgan fingerprint density at radius 3 is 2.63 bits per heavy atom. The van der Waals surface area contributed by atoms with Crippen LogP contribution in [0.5, 0.6) is 0 Å². The fourth-order valence-electron chi connectivity index (χ4n) is 1.99. The molecule has 0 bridgehead atoms. The molecule has 106 valence electrons. The van der Waals surface area contributed by atoms with Gasteiger partial charge >= 0.3 is 6.18 Å². The zero-order valence-electron chi connectivity index (χ0n) is 10.8. The number of halogens is 3. The Kier molecular flexibility index (Phi) is 3.89. The first-order chi connectivity index (χ1) is 8.88. The number of nitrogens with two attached hydrogens (primary N) is 1. The number of likely N-dealkylation sites (N-methyl/N-ethyl adjacent to an activating group) is 1. The Labute approximate surface area is 110 Å². The molecule has 3 N–H and O–H groups in total. The van der Waals surface area contributed by atoms with Crippen LogP contribution in [0, 0.1) is 0 Å². The molecule has 1 aromatic rings. The van der Waals surface area contributed by atoms with Crippen LogP contribution in [0.2, 0.25) is 0 Å². The van der Waals surface area contributed by atoms with Gasteiger partial charge in [0.2, 0.25) is 0 Å². The molecule has 1 fully saturated rings. The van der Waals surface area contributed by atoms with Crippen LogP contribution >= 0.6 is 0 Å². The van der Waals surface area contributed by atoms with Gasteiger partial charge in [-0.2, -0.15) is 13.2 Å². The number of alkyl halides is 3. The predicted octanol–water partition coefficient (Wildman–Crippen LogP) is 2.79. The van der Waals surface area contributed by atoms with E-state index in [1.54, 1.807) is 6.07 Å². The predicted molar refractivity (Wildman–Crippen MR) is 70.0 cm³/mol. The lowest BCUT2D eigenvalue weighted by Gasteiger charge is -2.17. The second kappa shape index (κ2) is 5.28. The second-order valence-corrected chi connectivity index (χ2v) is 4.94. The fraction of sp³-hybridized carbons (Fsp3) is 0.538. The molecule has 0 heterocycles. The monoisotopic (exact) mass is 273 g/mol. The summed E-state index contributed by atoms with van der Waals surface area (Å²) in [5.74, 6) is 0. The standard InChI is InChI=1S/C13H18F3N3/c1-19(10-3-4-10)7-6-18-9-2-5-12(17)11(8-9)13(14,15)16/h2,5,8,10,18H,3-4,6-7,17H2,1H3. The van der Waals surface area contributed by atoms with Crippen LogP contribution in [0.1, 0.15) is 18.4 Å². The number of hydrogen-bond donors (Lipinski definition) is 2. The van der Waals surface area contributed by atoms with E-state index in [2.05, 4.69) is 10.2 Å². The van der Waals surface area contributed by atoms with Crippen LogP contribution in [-0.2, 0) is 6.18 Å². The van der Waals surface area contributed by atoms with Crippen molar-refractivity contribution < 1.29 is 13.2 Å². The van der Waals surface area contributed by atoms with E-state index in [9.17, 15) is 13.2 Å². The van der Waals surface area contributed by atoms with Crippen molar-refractivity contribution in [3.63, 3.8) is 0 Å². The minimum Gasteiger partial charge on any atom is -0.398 e. The van der Waals surface area contributed by atoms with Crippen molar-refractivity contribution in [3.8, 4) is 0 Å². The molecule has 0 atom stereocenters. The molecule has 0 saturated heterocycles. The van der Waals surface area contributed by atoms with Crippen molar-refractivity contribution in [2.45, 2.75) is 25.1 Å². The first kappa shape index (κ1) is 14.0. The van der Waals surface area contributed by atoms with Gasteiger partial charge in [0.15, 0.2) is 0 Å². The SMILES string of the molecule is CN(CCNc1ccc(N)c(C(F)(F)F)c1)C1CC1. The largest absolute Gasteiger partial charge is 0.418 e. The van der Waals surface area contributed by atoms with Gasteiger partial charge in [0.05, 0.1) is 5.56 Å². The Morgan fingerprint density at radius 1 is 1.37 bits per heavy atom. The van der Waals surface area contributed by atoms with Crippen LogP contribution < -0.4 is 11.1 Å². The Hall–Kier alpha value is -1.43. The van der Waals surface area contributed by atoms with Crippen LogP contribution in [-0.4, -0.2) is 31.1 Å². The van der Waals surface area contributed by atoms with Gasteiger partial charge < -0.3 is 16.0 Å². The Balaban J connectivity index is 1.93. The molecule has 6 heteroatoms. The molecule has 0 amide bonds.